The minimum atomic E-state index is -0.391. The lowest BCUT2D eigenvalue weighted by molar-refractivity contribution is -0.114. The van der Waals surface area contributed by atoms with Gasteiger partial charge in [-0.2, -0.15) is 5.10 Å². The minimum absolute atomic E-state index is 0.204. The summed E-state index contributed by atoms with van der Waals surface area (Å²) in [7, 11) is 0. The molecule has 8 nitrogen and oxygen atoms in total. The van der Waals surface area contributed by atoms with Gasteiger partial charge in [0.05, 0.1) is 23.9 Å². The van der Waals surface area contributed by atoms with Crippen molar-refractivity contribution in [1.29, 1.82) is 0 Å². The van der Waals surface area contributed by atoms with Crippen LogP contribution in [0.15, 0.2) is 44.3 Å². The van der Waals surface area contributed by atoms with Crippen LogP contribution in [-0.4, -0.2) is 44.3 Å². The van der Waals surface area contributed by atoms with E-state index in [9.17, 15) is 9.59 Å². The molecule has 1 aliphatic heterocycles. The van der Waals surface area contributed by atoms with Crippen LogP contribution in [-0.2, 0) is 9.53 Å². The van der Waals surface area contributed by atoms with Crippen LogP contribution >= 0.6 is 15.9 Å². The van der Waals surface area contributed by atoms with Crippen molar-refractivity contribution < 1.29 is 18.7 Å². The van der Waals surface area contributed by atoms with Gasteiger partial charge in [0, 0.05) is 37.3 Å². The van der Waals surface area contributed by atoms with Crippen molar-refractivity contribution in [2.45, 2.75) is 6.92 Å². The summed E-state index contributed by atoms with van der Waals surface area (Å²) in [6, 6.07) is 8.39. The molecule has 2 aromatic rings. The molecule has 0 atom stereocenters. The van der Waals surface area contributed by atoms with Crippen molar-refractivity contribution in [1.82, 2.24) is 5.43 Å². The highest BCUT2D eigenvalue weighted by Crippen LogP contribution is 2.30. The summed E-state index contributed by atoms with van der Waals surface area (Å²) in [5.74, 6) is 0.632. The Morgan fingerprint density at radius 2 is 2.04 bits per heavy atom. The molecular weight excluding hydrogens is 416 g/mol. The van der Waals surface area contributed by atoms with Gasteiger partial charge < -0.3 is 19.4 Å². The number of carbonyl (C=O) groups excluding carboxylic acids is 2. The molecular formula is C18H19BrN4O4. The number of benzene rings is 1. The smallest absolute Gasteiger partial charge is 0.271 e. The van der Waals surface area contributed by atoms with Gasteiger partial charge in [-0.1, -0.05) is 6.07 Å². The molecule has 0 unspecified atom stereocenters. The van der Waals surface area contributed by atoms with Gasteiger partial charge in [-0.15, -0.1) is 0 Å². The number of anilines is 2. The predicted octanol–water partition coefficient (Wildman–Crippen LogP) is 2.60. The number of nitrogens with zero attached hydrogens (tertiary/aromatic N) is 2. The highest BCUT2D eigenvalue weighted by molar-refractivity contribution is 9.10. The number of carbonyl (C=O) groups is 2. The summed E-state index contributed by atoms with van der Waals surface area (Å²) in [6.07, 6.45) is 1.43. The molecule has 142 valence electrons. The Hall–Kier alpha value is -2.65. The summed E-state index contributed by atoms with van der Waals surface area (Å²) in [5.41, 5.74) is 3.37. The van der Waals surface area contributed by atoms with E-state index in [0.29, 0.717) is 36.1 Å². The van der Waals surface area contributed by atoms with Crippen LogP contribution in [0.1, 0.15) is 23.0 Å². The molecule has 0 bridgehead atoms. The SMILES string of the molecule is CC(=O)Nc1cccc(C(=O)N/N=C\c2cc(Br)c(N3CCOCC3)o2)c1. The van der Waals surface area contributed by atoms with Crippen LogP contribution in [0.5, 0.6) is 0 Å². The fraction of sp³-hybridized carbons (Fsp3) is 0.278. The van der Waals surface area contributed by atoms with Gasteiger partial charge in [-0.05, 0) is 34.1 Å². The Kier molecular flexibility index (Phi) is 6.25. The minimum Gasteiger partial charge on any atom is -0.438 e. The van der Waals surface area contributed by atoms with E-state index < -0.39 is 5.91 Å². The second kappa shape index (κ2) is 8.83. The van der Waals surface area contributed by atoms with Gasteiger partial charge in [0.25, 0.3) is 5.91 Å². The van der Waals surface area contributed by atoms with E-state index in [4.69, 9.17) is 9.15 Å². The van der Waals surface area contributed by atoms with E-state index in [1.54, 1.807) is 30.3 Å². The Bertz CT molecular complexity index is 859. The van der Waals surface area contributed by atoms with Crippen LogP contribution in [0.25, 0.3) is 0 Å². The van der Waals surface area contributed by atoms with Crippen molar-refractivity contribution in [2.24, 2.45) is 5.10 Å². The Morgan fingerprint density at radius 1 is 1.26 bits per heavy atom. The van der Waals surface area contributed by atoms with Gasteiger partial charge >= 0.3 is 0 Å². The standard InChI is InChI=1S/C18H19BrN4O4/c1-12(24)21-14-4-2-3-13(9-14)17(25)22-20-11-15-10-16(19)18(27-15)23-5-7-26-8-6-23/h2-4,9-11H,5-8H2,1H3,(H,21,24)(H,22,25)/b20-11-. The lowest BCUT2D eigenvalue weighted by Gasteiger charge is -2.26. The molecule has 3 rings (SSSR count). The highest BCUT2D eigenvalue weighted by atomic mass is 79.9. The zero-order chi connectivity index (χ0) is 19.2. The Morgan fingerprint density at radius 3 is 2.78 bits per heavy atom. The molecule has 0 radical (unpaired) electrons. The summed E-state index contributed by atoms with van der Waals surface area (Å²) in [6.45, 7) is 4.23. The maximum atomic E-state index is 12.2. The van der Waals surface area contributed by atoms with Crippen molar-refractivity contribution >= 4 is 45.5 Å². The topological polar surface area (TPSA) is 96.2 Å². The molecule has 27 heavy (non-hydrogen) atoms. The molecule has 1 fully saturated rings. The second-order valence-electron chi connectivity index (χ2n) is 5.86. The summed E-state index contributed by atoms with van der Waals surface area (Å²) in [4.78, 5) is 25.4. The molecule has 2 N–H and O–H groups in total. The summed E-state index contributed by atoms with van der Waals surface area (Å²) < 4.78 is 11.9. The van der Waals surface area contributed by atoms with Gasteiger partial charge in [-0.3, -0.25) is 9.59 Å². The molecule has 1 aliphatic rings. The van der Waals surface area contributed by atoms with Crippen molar-refractivity contribution in [3.05, 3.63) is 46.1 Å². The average molecular weight is 435 g/mol. The third-order valence-electron chi connectivity index (χ3n) is 3.79. The predicted molar refractivity (Wildman–Crippen MR) is 105 cm³/mol. The Labute approximate surface area is 164 Å². The number of amides is 2. The third-order valence-corrected chi connectivity index (χ3v) is 4.36. The van der Waals surface area contributed by atoms with E-state index in [-0.39, 0.29) is 5.91 Å². The average Bonchev–Trinajstić information content (AvgIpc) is 3.02. The molecule has 1 saturated heterocycles. The van der Waals surface area contributed by atoms with Crippen LogP contribution in [0.2, 0.25) is 0 Å². The lowest BCUT2D eigenvalue weighted by atomic mass is 10.2. The van der Waals surface area contributed by atoms with Gasteiger partial charge in [0.2, 0.25) is 11.8 Å². The highest BCUT2D eigenvalue weighted by Gasteiger charge is 2.18. The number of hydrogen-bond acceptors (Lipinski definition) is 6. The van der Waals surface area contributed by atoms with E-state index in [1.165, 1.54) is 13.1 Å². The van der Waals surface area contributed by atoms with Gasteiger partial charge in [0.15, 0.2) is 5.76 Å². The first kappa shape index (κ1) is 19.1. The number of ether oxygens (including phenoxy) is 1. The lowest BCUT2D eigenvalue weighted by Crippen LogP contribution is -2.36. The molecule has 0 saturated carbocycles. The molecule has 0 aliphatic carbocycles. The number of hydrazone groups is 1. The third kappa shape index (κ3) is 5.18. The molecule has 9 heteroatoms. The van der Waals surface area contributed by atoms with Crippen LogP contribution in [0.3, 0.4) is 0 Å². The Balaban J connectivity index is 1.62. The second-order valence-corrected chi connectivity index (χ2v) is 6.72. The molecule has 2 heterocycles. The number of halogens is 1. The number of morpholine rings is 1. The quantitative estimate of drug-likeness (QED) is 0.556. The zero-order valence-electron chi connectivity index (χ0n) is 14.7. The van der Waals surface area contributed by atoms with Gasteiger partial charge in [-0.25, -0.2) is 5.43 Å². The fourth-order valence-corrected chi connectivity index (χ4v) is 3.14. The fourth-order valence-electron chi connectivity index (χ4n) is 2.58. The molecule has 0 spiro atoms. The number of nitrogens with one attached hydrogen (secondary N) is 2. The van der Waals surface area contributed by atoms with E-state index in [2.05, 4.69) is 36.7 Å². The van der Waals surface area contributed by atoms with Crippen LogP contribution in [0, 0.1) is 0 Å². The van der Waals surface area contributed by atoms with Crippen LogP contribution < -0.4 is 15.6 Å². The molecule has 2 amide bonds. The first-order chi connectivity index (χ1) is 13.0. The summed E-state index contributed by atoms with van der Waals surface area (Å²) >= 11 is 3.48. The maximum absolute atomic E-state index is 12.2. The van der Waals surface area contributed by atoms with E-state index in [1.807, 2.05) is 0 Å². The van der Waals surface area contributed by atoms with Crippen molar-refractivity contribution in [3.63, 3.8) is 0 Å². The normalized spacial score (nSPS) is 14.4. The van der Waals surface area contributed by atoms with Crippen molar-refractivity contribution in [3.8, 4) is 0 Å². The van der Waals surface area contributed by atoms with Crippen molar-refractivity contribution in [2.75, 3.05) is 36.5 Å². The first-order valence-electron chi connectivity index (χ1n) is 8.36. The van der Waals surface area contributed by atoms with Crippen LogP contribution in [0.4, 0.5) is 11.6 Å². The molecule has 1 aromatic heterocycles. The number of furan rings is 1. The largest absolute Gasteiger partial charge is 0.438 e. The van der Waals surface area contributed by atoms with Gasteiger partial charge in [0.1, 0.15) is 0 Å². The zero-order valence-corrected chi connectivity index (χ0v) is 16.3. The maximum Gasteiger partial charge on any atom is 0.271 e. The summed E-state index contributed by atoms with van der Waals surface area (Å²) in [5, 5.41) is 6.57. The van der Waals surface area contributed by atoms with E-state index >= 15 is 0 Å². The first-order valence-corrected chi connectivity index (χ1v) is 9.15. The number of hydrogen-bond donors (Lipinski definition) is 2. The number of rotatable bonds is 5. The molecule has 1 aromatic carbocycles. The monoisotopic (exact) mass is 434 g/mol. The van der Waals surface area contributed by atoms with E-state index in [0.717, 1.165) is 17.6 Å².